The molecule has 0 aliphatic carbocycles. The third kappa shape index (κ3) is 3.65. The molecule has 0 N–H and O–H groups in total. The first kappa shape index (κ1) is 14.7. The van der Waals surface area contributed by atoms with Crippen molar-refractivity contribution >= 4 is 17.1 Å². The predicted octanol–water partition coefficient (Wildman–Crippen LogP) is 2.66. The van der Waals surface area contributed by atoms with Gasteiger partial charge in [-0.3, -0.25) is 14.6 Å². The lowest BCUT2D eigenvalue weighted by molar-refractivity contribution is 0.0943. The topological polar surface area (TPSA) is 23.6 Å². The molecule has 0 saturated carbocycles. The fourth-order valence-corrected chi connectivity index (χ4v) is 3.66. The van der Waals surface area contributed by atoms with E-state index < -0.39 is 0 Å². The summed E-state index contributed by atoms with van der Waals surface area (Å²) in [5.74, 6) is 0.276. The summed E-state index contributed by atoms with van der Waals surface area (Å²) in [5.41, 5.74) is 0. The molecule has 1 aromatic rings. The lowest BCUT2D eigenvalue weighted by Crippen LogP contribution is -2.38. The zero-order valence-corrected chi connectivity index (χ0v) is 13.0. The van der Waals surface area contributed by atoms with Gasteiger partial charge in [-0.25, -0.2) is 0 Å². The first-order chi connectivity index (χ1) is 9.13. The molecule has 3 nitrogen and oxygen atoms in total. The Kier molecular flexibility index (Phi) is 5.13. The molecule has 0 spiro atoms. The summed E-state index contributed by atoms with van der Waals surface area (Å²) in [5, 5.41) is 0. The molecule has 19 heavy (non-hydrogen) atoms. The van der Waals surface area contributed by atoms with E-state index in [0.29, 0.717) is 12.6 Å². The molecule has 0 amide bonds. The first-order valence-corrected chi connectivity index (χ1v) is 8.01. The molecule has 0 aromatic carbocycles. The number of carbonyl (C=O) groups is 1. The average Bonchev–Trinajstić information content (AvgIpc) is 3.00. The number of thiophene rings is 1. The van der Waals surface area contributed by atoms with Gasteiger partial charge in [-0.05, 0) is 38.6 Å². The van der Waals surface area contributed by atoms with Crippen molar-refractivity contribution in [2.24, 2.45) is 0 Å². The lowest BCUT2D eigenvalue weighted by Gasteiger charge is -2.26. The molecule has 1 saturated heterocycles. The second-order valence-corrected chi connectivity index (χ2v) is 6.52. The third-order valence-electron chi connectivity index (χ3n) is 3.96. The highest BCUT2D eigenvalue weighted by Crippen LogP contribution is 2.19. The molecule has 1 aliphatic rings. The van der Waals surface area contributed by atoms with E-state index in [0.717, 1.165) is 31.1 Å². The largest absolute Gasteiger partial charge is 0.300 e. The highest BCUT2D eigenvalue weighted by Gasteiger charge is 2.27. The zero-order chi connectivity index (χ0) is 13.8. The first-order valence-electron chi connectivity index (χ1n) is 7.20. The van der Waals surface area contributed by atoms with Gasteiger partial charge in [0.25, 0.3) is 0 Å². The van der Waals surface area contributed by atoms with Crippen LogP contribution in [0.15, 0.2) is 12.1 Å². The number of rotatable bonds is 6. The Bertz CT molecular complexity index is 426. The van der Waals surface area contributed by atoms with E-state index in [-0.39, 0.29) is 5.78 Å². The minimum atomic E-state index is 0.276. The molecule has 0 radical (unpaired) electrons. The van der Waals surface area contributed by atoms with Crippen LogP contribution < -0.4 is 0 Å². The smallest absolute Gasteiger partial charge is 0.186 e. The lowest BCUT2D eigenvalue weighted by atomic mass is 10.2. The predicted molar refractivity (Wildman–Crippen MR) is 81.2 cm³/mol. The number of Topliss-reactive ketones (excluding diaryl/α,β-unsaturated/α-hetero) is 1. The van der Waals surface area contributed by atoms with Crippen molar-refractivity contribution < 1.29 is 4.79 Å². The number of likely N-dealkylation sites (tertiary alicyclic amines) is 1. The van der Waals surface area contributed by atoms with Gasteiger partial charge in [-0.1, -0.05) is 13.8 Å². The van der Waals surface area contributed by atoms with Crippen LogP contribution in [-0.2, 0) is 0 Å². The zero-order valence-electron chi connectivity index (χ0n) is 12.2. The monoisotopic (exact) mass is 280 g/mol. The minimum Gasteiger partial charge on any atom is -0.300 e. The Labute approximate surface area is 120 Å². The second kappa shape index (κ2) is 6.64. The van der Waals surface area contributed by atoms with E-state index in [2.05, 4.69) is 23.6 Å². The average molecular weight is 280 g/mol. The van der Waals surface area contributed by atoms with Crippen molar-refractivity contribution in [2.75, 3.05) is 32.7 Å². The maximum Gasteiger partial charge on any atom is 0.186 e. The Morgan fingerprint density at radius 1 is 1.42 bits per heavy atom. The fourth-order valence-electron chi connectivity index (χ4n) is 2.86. The van der Waals surface area contributed by atoms with Crippen LogP contribution in [0.25, 0.3) is 0 Å². The highest BCUT2D eigenvalue weighted by atomic mass is 32.1. The Morgan fingerprint density at radius 2 is 2.16 bits per heavy atom. The summed E-state index contributed by atoms with van der Waals surface area (Å²) in [7, 11) is 0. The second-order valence-electron chi connectivity index (χ2n) is 5.23. The number of ketones is 1. The summed E-state index contributed by atoms with van der Waals surface area (Å²) in [6, 6.07) is 4.62. The van der Waals surface area contributed by atoms with Gasteiger partial charge in [0, 0.05) is 24.0 Å². The molecular formula is C15H24N2OS. The normalized spacial score (nSPS) is 20.3. The van der Waals surface area contributed by atoms with Crippen LogP contribution in [0.3, 0.4) is 0 Å². The van der Waals surface area contributed by atoms with Crippen molar-refractivity contribution in [1.29, 1.82) is 0 Å². The van der Waals surface area contributed by atoms with Crippen molar-refractivity contribution in [3.63, 3.8) is 0 Å². The third-order valence-corrected chi connectivity index (χ3v) is 5.00. The Balaban J connectivity index is 1.86. The van der Waals surface area contributed by atoms with E-state index in [1.165, 1.54) is 11.3 Å². The molecule has 1 atom stereocenters. The van der Waals surface area contributed by atoms with Gasteiger partial charge in [-0.15, -0.1) is 11.3 Å². The summed E-state index contributed by atoms with van der Waals surface area (Å²) in [6.07, 6.45) is 1.19. The van der Waals surface area contributed by atoms with E-state index in [1.54, 1.807) is 11.3 Å². The quantitative estimate of drug-likeness (QED) is 0.749. The van der Waals surface area contributed by atoms with E-state index in [4.69, 9.17) is 0 Å². The molecule has 4 heteroatoms. The Hall–Kier alpha value is -0.710. The van der Waals surface area contributed by atoms with E-state index in [1.807, 2.05) is 19.1 Å². The van der Waals surface area contributed by atoms with Gasteiger partial charge < -0.3 is 0 Å². The number of hydrogen-bond donors (Lipinski definition) is 0. The van der Waals surface area contributed by atoms with Crippen molar-refractivity contribution in [2.45, 2.75) is 33.2 Å². The highest BCUT2D eigenvalue weighted by molar-refractivity contribution is 7.14. The summed E-state index contributed by atoms with van der Waals surface area (Å²) in [6.45, 7) is 11.4. The van der Waals surface area contributed by atoms with Crippen LogP contribution in [0.1, 0.15) is 34.8 Å². The number of nitrogens with zero attached hydrogens (tertiary/aromatic N) is 2. The summed E-state index contributed by atoms with van der Waals surface area (Å²) >= 11 is 1.61. The molecule has 1 unspecified atom stereocenters. The molecule has 2 heterocycles. The van der Waals surface area contributed by atoms with Crippen molar-refractivity contribution in [1.82, 2.24) is 9.80 Å². The maximum atomic E-state index is 12.2. The van der Waals surface area contributed by atoms with E-state index in [9.17, 15) is 4.79 Å². The standard InChI is InChI=1S/C15H24N2OS/c1-4-17(5-2)13-8-9-16(10-13)11-14(18)15-7-6-12(3)19-15/h6-7,13H,4-5,8-11H2,1-3H3. The Morgan fingerprint density at radius 3 is 2.74 bits per heavy atom. The van der Waals surface area contributed by atoms with Crippen molar-refractivity contribution in [3.05, 3.63) is 21.9 Å². The van der Waals surface area contributed by atoms with Gasteiger partial charge >= 0.3 is 0 Å². The van der Waals surface area contributed by atoms with Crippen molar-refractivity contribution in [3.8, 4) is 0 Å². The SMILES string of the molecule is CCN(CC)C1CCN(CC(=O)c2ccc(C)s2)C1. The molecule has 0 bridgehead atoms. The van der Waals surface area contributed by atoms with Gasteiger partial charge in [0.05, 0.1) is 11.4 Å². The number of aryl methyl sites for hydroxylation is 1. The number of likely N-dealkylation sites (N-methyl/N-ethyl adjacent to an activating group) is 1. The van der Waals surface area contributed by atoms with Crippen LogP contribution in [0.2, 0.25) is 0 Å². The van der Waals surface area contributed by atoms with Crippen LogP contribution in [0, 0.1) is 6.92 Å². The molecule has 106 valence electrons. The molecule has 2 rings (SSSR count). The number of hydrogen-bond acceptors (Lipinski definition) is 4. The van der Waals surface area contributed by atoms with Crippen LogP contribution in [-0.4, -0.2) is 54.3 Å². The van der Waals surface area contributed by atoms with Crippen LogP contribution in [0.4, 0.5) is 0 Å². The van der Waals surface area contributed by atoms with Gasteiger partial charge in [0.15, 0.2) is 5.78 Å². The molecule has 1 aromatic heterocycles. The van der Waals surface area contributed by atoms with Gasteiger partial charge in [-0.2, -0.15) is 0 Å². The van der Waals surface area contributed by atoms with Crippen LogP contribution >= 0.6 is 11.3 Å². The van der Waals surface area contributed by atoms with Gasteiger partial charge in [0.1, 0.15) is 0 Å². The maximum absolute atomic E-state index is 12.2. The van der Waals surface area contributed by atoms with Gasteiger partial charge in [0.2, 0.25) is 0 Å². The number of carbonyl (C=O) groups excluding carboxylic acids is 1. The molecular weight excluding hydrogens is 256 g/mol. The summed E-state index contributed by atoms with van der Waals surface area (Å²) < 4.78 is 0. The fraction of sp³-hybridized carbons (Fsp3) is 0.667. The summed E-state index contributed by atoms with van der Waals surface area (Å²) in [4.78, 5) is 19.1. The molecule has 1 fully saturated rings. The minimum absolute atomic E-state index is 0.276. The molecule has 1 aliphatic heterocycles. The van der Waals surface area contributed by atoms with E-state index >= 15 is 0 Å². The van der Waals surface area contributed by atoms with Crippen LogP contribution in [0.5, 0.6) is 0 Å².